The van der Waals surface area contributed by atoms with Gasteiger partial charge in [0, 0.05) is 18.4 Å². The minimum Gasteiger partial charge on any atom is -0.382 e. The summed E-state index contributed by atoms with van der Waals surface area (Å²) in [5.74, 6) is 1.58. The molecule has 0 aliphatic rings. The molecule has 0 aliphatic heterocycles. The van der Waals surface area contributed by atoms with Gasteiger partial charge in [0.1, 0.15) is 11.3 Å². The van der Waals surface area contributed by atoms with Gasteiger partial charge in [-0.1, -0.05) is 43.7 Å². The van der Waals surface area contributed by atoms with E-state index in [4.69, 9.17) is 16.5 Å². The van der Waals surface area contributed by atoms with Crippen molar-refractivity contribution in [2.45, 2.75) is 39.2 Å². The van der Waals surface area contributed by atoms with Crippen LogP contribution in [0.4, 0.5) is 5.82 Å². The molecule has 4 N–H and O–H groups in total. The van der Waals surface area contributed by atoms with Crippen molar-refractivity contribution in [3.8, 4) is 0 Å². The monoisotopic (exact) mass is 323 g/mol. The second-order valence-corrected chi connectivity index (χ2v) is 6.00. The van der Waals surface area contributed by atoms with Crippen LogP contribution in [0.25, 0.3) is 21.9 Å². The Morgan fingerprint density at radius 3 is 2.79 bits per heavy atom. The molecule has 3 aromatic rings. The number of aryl methyl sites for hydroxylation is 1. The zero-order valence-corrected chi connectivity index (χ0v) is 14.2. The molecule has 2 aromatic heterocycles. The molecule has 0 fully saturated rings. The maximum Gasteiger partial charge on any atom is 0.152 e. The van der Waals surface area contributed by atoms with E-state index in [1.54, 1.807) is 0 Å². The highest BCUT2D eigenvalue weighted by Crippen LogP contribution is 2.29. The predicted octanol–water partition coefficient (Wildman–Crippen LogP) is 3.41. The van der Waals surface area contributed by atoms with Crippen LogP contribution >= 0.6 is 0 Å². The molecule has 5 nitrogen and oxygen atoms in total. The Hall–Kier alpha value is -2.40. The summed E-state index contributed by atoms with van der Waals surface area (Å²) >= 11 is 0. The van der Waals surface area contributed by atoms with E-state index in [9.17, 15) is 0 Å². The number of hydrogen-bond donors (Lipinski definition) is 2. The Kier molecular flexibility index (Phi) is 5.11. The van der Waals surface area contributed by atoms with Gasteiger partial charge < -0.3 is 16.0 Å². The molecule has 0 aliphatic carbocycles. The molecule has 5 heteroatoms. The number of fused-ring (bicyclic) bond motifs is 3. The van der Waals surface area contributed by atoms with Crippen molar-refractivity contribution in [1.82, 2.24) is 14.5 Å². The number of hydrogen-bond acceptors (Lipinski definition) is 4. The van der Waals surface area contributed by atoms with E-state index in [0.717, 1.165) is 60.0 Å². The molecule has 0 unspecified atom stereocenters. The van der Waals surface area contributed by atoms with Gasteiger partial charge in [0.25, 0.3) is 0 Å². The Bertz CT molecular complexity index is 863. The molecule has 0 radical (unpaired) electrons. The van der Waals surface area contributed by atoms with Crippen LogP contribution in [0.1, 0.15) is 32.0 Å². The number of nitrogen functional groups attached to an aromatic ring is 1. The van der Waals surface area contributed by atoms with Crippen LogP contribution in [0.5, 0.6) is 0 Å². The highest BCUT2D eigenvalue weighted by molar-refractivity contribution is 6.06. The molecule has 0 atom stereocenters. The lowest BCUT2D eigenvalue weighted by atomic mass is 10.2. The second kappa shape index (κ2) is 7.45. The summed E-state index contributed by atoms with van der Waals surface area (Å²) < 4.78 is 2.28. The molecule has 0 saturated carbocycles. The van der Waals surface area contributed by atoms with Gasteiger partial charge in [-0.3, -0.25) is 0 Å². The summed E-state index contributed by atoms with van der Waals surface area (Å²) in [6, 6.07) is 8.11. The van der Waals surface area contributed by atoms with Crippen LogP contribution in [-0.2, 0) is 13.0 Å². The molecular formula is C19H25N5. The first-order chi connectivity index (χ1) is 11.8. The molecule has 126 valence electrons. The smallest absolute Gasteiger partial charge is 0.152 e. The number of nitrogens with zero attached hydrogens (tertiary/aromatic N) is 3. The zero-order chi connectivity index (χ0) is 16.9. The molecule has 0 bridgehead atoms. The van der Waals surface area contributed by atoms with Crippen LogP contribution < -0.4 is 11.5 Å². The minimum atomic E-state index is 0.506. The molecule has 3 rings (SSSR count). The average Bonchev–Trinajstić information content (AvgIpc) is 2.96. The van der Waals surface area contributed by atoms with Gasteiger partial charge in [0.05, 0.1) is 11.0 Å². The topological polar surface area (TPSA) is 82.8 Å². The van der Waals surface area contributed by atoms with Crippen molar-refractivity contribution in [2.24, 2.45) is 5.73 Å². The van der Waals surface area contributed by atoms with Crippen molar-refractivity contribution in [2.75, 3.05) is 12.3 Å². The molecule has 0 saturated heterocycles. The van der Waals surface area contributed by atoms with Gasteiger partial charge in [-0.2, -0.15) is 0 Å². The SMILES string of the molecule is CCCCc1nc2c(N)nc3ccccc3c2n1C/C=C/CCN. The van der Waals surface area contributed by atoms with Crippen molar-refractivity contribution in [3.63, 3.8) is 0 Å². The van der Waals surface area contributed by atoms with E-state index in [-0.39, 0.29) is 0 Å². The van der Waals surface area contributed by atoms with E-state index in [1.165, 1.54) is 0 Å². The summed E-state index contributed by atoms with van der Waals surface area (Å²) in [5, 5.41) is 1.10. The van der Waals surface area contributed by atoms with E-state index in [1.807, 2.05) is 18.2 Å². The lowest BCUT2D eigenvalue weighted by Crippen LogP contribution is -2.03. The zero-order valence-electron chi connectivity index (χ0n) is 14.2. The number of para-hydroxylation sites is 1. The van der Waals surface area contributed by atoms with Crippen LogP contribution in [0.3, 0.4) is 0 Å². The van der Waals surface area contributed by atoms with E-state index >= 15 is 0 Å². The fourth-order valence-electron chi connectivity index (χ4n) is 3.02. The van der Waals surface area contributed by atoms with Crippen LogP contribution in [0.2, 0.25) is 0 Å². The van der Waals surface area contributed by atoms with Gasteiger partial charge in [-0.15, -0.1) is 0 Å². The predicted molar refractivity (Wildman–Crippen MR) is 101 cm³/mol. The average molecular weight is 323 g/mol. The largest absolute Gasteiger partial charge is 0.382 e. The standard InChI is InChI=1S/C19H25N5/c1-2-3-11-16-23-17-18(24(16)13-8-4-7-12-20)14-9-5-6-10-15(14)22-19(17)21/h4-6,8-10H,2-3,7,11-13,20H2,1H3,(H2,21,22)/b8-4+. The van der Waals surface area contributed by atoms with Gasteiger partial charge in [-0.05, 0) is 25.5 Å². The summed E-state index contributed by atoms with van der Waals surface area (Å²) in [6.07, 6.45) is 8.38. The van der Waals surface area contributed by atoms with Gasteiger partial charge in [0.15, 0.2) is 5.82 Å². The van der Waals surface area contributed by atoms with Crippen LogP contribution in [0.15, 0.2) is 36.4 Å². The van der Waals surface area contributed by atoms with Crippen molar-refractivity contribution < 1.29 is 0 Å². The Morgan fingerprint density at radius 1 is 1.17 bits per heavy atom. The number of rotatable bonds is 7. The number of allylic oxidation sites excluding steroid dienone is 1. The van der Waals surface area contributed by atoms with Crippen LogP contribution in [-0.4, -0.2) is 21.1 Å². The second-order valence-electron chi connectivity index (χ2n) is 6.00. The number of unbranched alkanes of at least 4 members (excludes halogenated alkanes) is 1. The first-order valence-corrected chi connectivity index (χ1v) is 8.64. The third-order valence-corrected chi connectivity index (χ3v) is 4.23. The molecular weight excluding hydrogens is 298 g/mol. The minimum absolute atomic E-state index is 0.506. The van der Waals surface area contributed by atoms with E-state index in [2.05, 4.69) is 34.7 Å². The molecule has 0 amide bonds. The Labute approximate surface area is 142 Å². The van der Waals surface area contributed by atoms with Gasteiger partial charge in [0.2, 0.25) is 0 Å². The number of benzene rings is 1. The quantitative estimate of drug-likeness (QED) is 0.653. The first-order valence-electron chi connectivity index (χ1n) is 8.64. The molecule has 1 aromatic carbocycles. The number of imidazole rings is 1. The summed E-state index contributed by atoms with van der Waals surface area (Å²) in [6.45, 7) is 3.64. The summed E-state index contributed by atoms with van der Waals surface area (Å²) in [7, 11) is 0. The fourth-order valence-corrected chi connectivity index (χ4v) is 3.02. The first kappa shape index (κ1) is 16.5. The van der Waals surface area contributed by atoms with Gasteiger partial charge in [-0.25, -0.2) is 9.97 Å². The number of pyridine rings is 1. The third kappa shape index (κ3) is 3.12. The van der Waals surface area contributed by atoms with Crippen molar-refractivity contribution in [3.05, 3.63) is 42.2 Å². The Balaban J connectivity index is 2.18. The molecule has 0 spiro atoms. The summed E-state index contributed by atoms with van der Waals surface area (Å²) in [5.41, 5.74) is 14.6. The maximum atomic E-state index is 6.19. The lowest BCUT2D eigenvalue weighted by molar-refractivity contribution is 0.697. The number of nitrogens with two attached hydrogens (primary N) is 2. The third-order valence-electron chi connectivity index (χ3n) is 4.23. The normalized spacial score (nSPS) is 11.9. The molecule has 2 heterocycles. The van der Waals surface area contributed by atoms with Crippen LogP contribution in [0, 0.1) is 0 Å². The van der Waals surface area contributed by atoms with E-state index < -0.39 is 0 Å². The summed E-state index contributed by atoms with van der Waals surface area (Å²) in [4.78, 5) is 9.33. The lowest BCUT2D eigenvalue weighted by Gasteiger charge is -2.08. The number of aromatic nitrogens is 3. The number of anilines is 1. The maximum absolute atomic E-state index is 6.19. The Morgan fingerprint density at radius 2 is 2.00 bits per heavy atom. The van der Waals surface area contributed by atoms with Crippen molar-refractivity contribution in [1.29, 1.82) is 0 Å². The molecule has 24 heavy (non-hydrogen) atoms. The van der Waals surface area contributed by atoms with Crippen molar-refractivity contribution >= 4 is 27.8 Å². The highest BCUT2D eigenvalue weighted by atomic mass is 15.1. The highest BCUT2D eigenvalue weighted by Gasteiger charge is 2.16. The fraction of sp³-hybridized carbons (Fsp3) is 0.368. The van der Waals surface area contributed by atoms with E-state index in [0.29, 0.717) is 12.4 Å². The van der Waals surface area contributed by atoms with Gasteiger partial charge >= 0.3 is 0 Å².